The number of imidazole rings is 1. The van der Waals surface area contributed by atoms with Gasteiger partial charge in [0.05, 0.1) is 36.7 Å². The van der Waals surface area contributed by atoms with E-state index < -0.39 is 0 Å². The monoisotopic (exact) mass is 342 g/mol. The van der Waals surface area contributed by atoms with Gasteiger partial charge in [0.15, 0.2) is 0 Å². The van der Waals surface area contributed by atoms with Crippen LogP contribution >= 0.6 is 0 Å². The fourth-order valence-electron chi connectivity index (χ4n) is 3.98. The molecular formula is C19H26N4O2. The van der Waals surface area contributed by atoms with Gasteiger partial charge in [0.2, 0.25) is 5.91 Å². The Morgan fingerprint density at radius 3 is 2.84 bits per heavy atom. The molecule has 0 N–H and O–H groups in total. The predicted molar refractivity (Wildman–Crippen MR) is 96.1 cm³/mol. The van der Waals surface area contributed by atoms with Crippen molar-refractivity contribution in [2.45, 2.75) is 19.4 Å². The van der Waals surface area contributed by atoms with Gasteiger partial charge in [0, 0.05) is 26.7 Å². The second-order valence-corrected chi connectivity index (χ2v) is 7.09. The first kappa shape index (κ1) is 16.5. The van der Waals surface area contributed by atoms with Crippen LogP contribution in [0.3, 0.4) is 0 Å². The normalized spacial score (nSPS) is 22.4. The van der Waals surface area contributed by atoms with Crippen LogP contribution in [0.25, 0.3) is 11.0 Å². The van der Waals surface area contributed by atoms with E-state index in [4.69, 9.17) is 9.72 Å². The molecule has 0 spiro atoms. The van der Waals surface area contributed by atoms with E-state index in [9.17, 15) is 4.79 Å². The zero-order valence-electron chi connectivity index (χ0n) is 14.9. The van der Waals surface area contributed by atoms with E-state index in [0.29, 0.717) is 19.1 Å². The highest BCUT2D eigenvalue weighted by Gasteiger charge is 2.30. The standard InChI is InChI=1S/C19H26N4O2/c1-21-17-7-3-2-6-16(17)20-18(21)14-22-8-4-5-15(13-22)19(24)23-9-11-25-12-10-23/h2-3,6-7,15H,4-5,8-14H2,1H3/t15-/m0/s1. The van der Waals surface area contributed by atoms with Gasteiger partial charge in [-0.15, -0.1) is 0 Å². The van der Waals surface area contributed by atoms with Crippen molar-refractivity contribution in [3.8, 4) is 0 Å². The summed E-state index contributed by atoms with van der Waals surface area (Å²) in [7, 11) is 2.07. The number of hydrogen-bond donors (Lipinski definition) is 0. The van der Waals surface area contributed by atoms with Crippen LogP contribution in [-0.2, 0) is 23.1 Å². The van der Waals surface area contributed by atoms with Crippen LogP contribution in [0.2, 0.25) is 0 Å². The summed E-state index contributed by atoms with van der Waals surface area (Å²) in [6.45, 7) is 5.48. The molecule has 4 rings (SSSR count). The topological polar surface area (TPSA) is 50.6 Å². The molecule has 1 aromatic heterocycles. The summed E-state index contributed by atoms with van der Waals surface area (Å²) in [6, 6.07) is 8.23. The Balaban J connectivity index is 1.43. The Morgan fingerprint density at radius 2 is 2.04 bits per heavy atom. The predicted octanol–water partition coefficient (Wildman–Crippen LogP) is 1.64. The SMILES string of the molecule is Cn1c(CN2CCC[C@H](C(=O)N3CCOCC3)C2)nc2ccccc21. The maximum Gasteiger partial charge on any atom is 0.227 e. The summed E-state index contributed by atoms with van der Waals surface area (Å²) in [4.78, 5) is 21.9. The van der Waals surface area contributed by atoms with Gasteiger partial charge in [0.1, 0.15) is 5.82 Å². The summed E-state index contributed by atoms with van der Waals surface area (Å²) in [5.41, 5.74) is 2.20. The molecule has 0 radical (unpaired) electrons. The minimum absolute atomic E-state index is 0.113. The van der Waals surface area contributed by atoms with E-state index in [1.54, 1.807) is 0 Å². The van der Waals surface area contributed by atoms with Gasteiger partial charge >= 0.3 is 0 Å². The lowest BCUT2D eigenvalue weighted by Gasteiger charge is -2.36. The maximum atomic E-state index is 12.8. The number of nitrogens with zero attached hydrogens (tertiary/aromatic N) is 4. The number of likely N-dealkylation sites (tertiary alicyclic amines) is 1. The molecular weight excluding hydrogens is 316 g/mol. The Hall–Kier alpha value is -1.92. The number of fused-ring (bicyclic) bond motifs is 1. The first-order chi connectivity index (χ1) is 12.2. The lowest BCUT2D eigenvalue weighted by atomic mass is 9.96. The smallest absolute Gasteiger partial charge is 0.227 e. The van der Waals surface area contributed by atoms with Crippen LogP contribution in [0.5, 0.6) is 0 Å². The number of hydrogen-bond acceptors (Lipinski definition) is 4. The maximum absolute atomic E-state index is 12.8. The summed E-state index contributed by atoms with van der Waals surface area (Å²) < 4.78 is 7.53. The van der Waals surface area contributed by atoms with E-state index in [1.807, 2.05) is 17.0 Å². The molecule has 0 aliphatic carbocycles. The molecule has 2 aliphatic heterocycles. The van der Waals surface area contributed by atoms with Gasteiger partial charge in [-0.3, -0.25) is 9.69 Å². The molecule has 1 atom stereocenters. The lowest BCUT2D eigenvalue weighted by molar-refractivity contribution is -0.141. The number of piperidine rings is 1. The lowest BCUT2D eigenvalue weighted by Crippen LogP contribution is -2.48. The van der Waals surface area contributed by atoms with E-state index >= 15 is 0 Å². The molecule has 6 heteroatoms. The number of carbonyl (C=O) groups is 1. The van der Waals surface area contributed by atoms with Gasteiger partial charge < -0.3 is 14.2 Å². The van der Waals surface area contributed by atoms with Crippen molar-refractivity contribution in [2.75, 3.05) is 39.4 Å². The Bertz CT molecular complexity index is 751. The van der Waals surface area contributed by atoms with Crippen LogP contribution in [0.1, 0.15) is 18.7 Å². The van der Waals surface area contributed by atoms with Gasteiger partial charge in [-0.1, -0.05) is 12.1 Å². The quantitative estimate of drug-likeness (QED) is 0.851. The van der Waals surface area contributed by atoms with Gasteiger partial charge in [-0.25, -0.2) is 4.98 Å². The molecule has 0 bridgehead atoms. The molecule has 2 saturated heterocycles. The number of aromatic nitrogens is 2. The van der Waals surface area contributed by atoms with Crippen LogP contribution in [0.15, 0.2) is 24.3 Å². The van der Waals surface area contributed by atoms with E-state index in [1.165, 1.54) is 0 Å². The molecule has 1 aromatic carbocycles. The molecule has 134 valence electrons. The van der Waals surface area contributed by atoms with Crippen molar-refractivity contribution in [1.82, 2.24) is 19.4 Å². The van der Waals surface area contributed by atoms with Crippen molar-refractivity contribution in [3.63, 3.8) is 0 Å². The molecule has 0 saturated carbocycles. The van der Waals surface area contributed by atoms with E-state index in [0.717, 1.165) is 62.4 Å². The number of benzene rings is 1. The van der Waals surface area contributed by atoms with E-state index in [-0.39, 0.29) is 5.92 Å². The molecule has 0 unspecified atom stereocenters. The Labute approximate surface area is 148 Å². The molecule has 2 fully saturated rings. The highest BCUT2D eigenvalue weighted by molar-refractivity contribution is 5.79. The Kier molecular flexibility index (Phi) is 4.72. The molecule has 3 heterocycles. The third kappa shape index (κ3) is 3.41. The third-order valence-corrected chi connectivity index (χ3v) is 5.42. The summed E-state index contributed by atoms with van der Waals surface area (Å²) >= 11 is 0. The molecule has 2 aromatic rings. The average Bonchev–Trinajstić information content (AvgIpc) is 2.98. The number of rotatable bonds is 3. The van der Waals surface area contributed by atoms with Gasteiger partial charge in [0.25, 0.3) is 0 Å². The first-order valence-corrected chi connectivity index (χ1v) is 9.21. The van der Waals surface area contributed by atoms with Crippen LogP contribution < -0.4 is 0 Å². The van der Waals surface area contributed by atoms with Crippen LogP contribution in [0, 0.1) is 5.92 Å². The number of ether oxygens (including phenoxy) is 1. The largest absolute Gasteiger partial charge is 0.378 e. The average molecular weight is 342 g/mol. The van der Waals surface area contributed by atoms with Crippen molar-refractivity contribution in [1.29, 1.82) is 0 Å². The zero-order chi connectivity index (χ0) is 17.2. The number of morpholine rings is 1. The summed E-state index contributed by atoms with van der Waals surface area (Å²) in [5.74, 6) is 1.49. The van der Waals surface area contributed by atoms with Gasteiger partial charge in [-0.05, 0) is 31.5 Å². The van der Waals surface area contributed by atoms with Crippen molar-refractivity contribution < 1.29 is 9.53 Å². The molecule has 2 aliphatic rings. The van der Waals surface area contributed by atoms with E-state index in [2.05, 4.69) is 28.6 Å². The number of carbonyl (C=O) groups excluding carboxylic acids is 1. The number of para-hydroxylation sites is 2. The summed E-state index contributed by atoms with van der Waals surface area (Å²) in [5, 5.41) is 0. The number of amides is 1. The molecule has 6 nitrogen and oxygen atoms in total. The third-order valence-electron chi connectivity index (χ3n) is 5.42. The Morgan fingerprint density at radius 1 is 1.24 bits per heavy atom. The highest BCUT2D eigenvalue weighted by Crippen LogP contribution is 2.22. The minimum atomic E-state index is 0.113. The van der Waals surface area contributed by atoms with Gasteiger partial charge in [-0.2, -0.15) is 0 Å². The minimum Gasteiger partial charge on any atom is -0.378 e. The fraction of sp³-hybridized carbons (Fsp3) is 0.579. The van der Waals surface area contributed by atoms with Crippen LogP contribution in [-0.4, -0.2) is 64.7 Å². The van der Waals surface area contributed by atoms with Crippen molar-refractivity contribution in [3.05, 3.63) is 30.1 Å². The number of aryl methyl sites for hydroxylation is 1. The van der Waals surface area contributed by atoms with Crippen LogP contribution in [0.4, 0.5) is 0 Å². The summed E-state index contributed by atoms with van der Waals surface area (Å²) in [6.07, 6.45) is 2.07. The molecule has 1 amide bonds. The highest BCUT2D eigenvalue weighted by atomic mass is 16.5. The van der Waals surface area contributed by atoms with Crippen molar-refractivity contribution >= 4 is 16.9 Å². The second-order valence-electron chi connectivity index (χ2n) is 7.09. The first-order valence-electron chi connectivity index (χ1n) is 9.21. The second kappa shape index (κ2) is 7.14. The zero-order valence-corrected chi connectivity index (χ0v) is 14.9. The molecule has 25 heavy (non-hydrogen) atoms. The van der Waals surface area contributed by atoms with Crippen molar-refractivity contribution in [2.24, 2.45) is 13.0 Å². The fourth-order valence-corrected chi connectivity index (χ4v) is 3.98.